The van der Waals surface area contributed by atoms with Gasteiger partial charge < -0.3 is 4.90 Å². The predicted molar refractivity (Wildman–Crippen MR) is 112 cm³/mol. The van der Waals surface area contributed by atoms with E-state index in [2.05, 4.69) is 5.10 Å². The molecule has 0 spiro atoms. The molecule has 4 nitrogen and oxygen atoms in total. The fourth-order valence-corrected chi connectivity index (χ4v) is 4.69. The summed E-state index contributed by atoms with van der Waals surface area (Å²) in [6.07, 6.45) is -0.0538. The topological polar surface area (TPSA) is 38.1 Å². The lowest BCUT2D eigenvalue weighted by Gasteiger charge is -2.29. The number of aryl methyl sites for hydroxylation is 1. The van der Waals surface area contributed by atoms with E-state index in [0.29, 0.717) is 41.9 Å². The van der Waals surface area contributed by atoms with Gasteiger partial charge >= 0.3 is 6.18 Å². The van der Waals surface area contributed by atoms with Gasteiger partial charge in [0.05, 0.1) is 5.69 Å². The van der Waals surface area contributed by atoms with E-state index in [1.807, 2.05) is 24.3 Å². The molecular formula is C24H22F3N3O. The van der Waals surface area contributed by atoms with Crippen molar-refractivity contribution in [3.05, 3.63) is 76.6 Å². The van der Waals surface area contributed by atoms with Gasteiger partial charge in [0.1, 0.15) is 0 Å². The third kappa shape index (κ3) is 3.52. The lowest BCUT2D eigenvalue weighted by atomic mass is 9.95. The molecule has 0 fully saturated rings. The van der Waals surface area contributed by atoms with Gasteiger partial charge in [-0.3, -0.25) is 4.79 Å². The number of nitrogens with zero attached hydrogens (tertiary/aromatic N) is 3. The van der Waals surface area contributed by atoms with Crippen LogP contribution in [0.15, 0.2) is 48.5 Å². The van der Waals surface area contributed by atoms with E-state index >= 15 is 0 Å². The van der Waals surface area contributed by atoms with E-state index in [4.69, 9.17) is 0 Å². The number of anilines is 1. The van der Waals surface area contributed by atoms with E-state index in [-0.39, 0.29) is 5.91 Å². The van der Waals surface area contributed by atoms with Crippen molar-refractivity contribution in [2.45, 2.75) is 44.7 Å². The van der Waals surface area contributed by atoms with Crippen molar-refractivity contribution in [3.63, 3.8) is 0 Å². The second-order valence-corrected chi connectivity index (χ2v) is 8.13. The van der Waals surface area contributed by atoms with Crippen molar-refractivity contribution < 1.29 is 18.0 Å². The number of halogens is 3. The maximum absolute atomic E-state index is 13.5. The highest BCUT2D eigenvalue weighted by Crippen LogP contribution is 2.37. The number of fused-ring (bicyclic) bond motifs is 2. The summed E-state index contributed by atoms with van der Waals surface area (Å²) in [5.41, 5.74) is 3.29. The molecule has 2 aliphatic rings. The second kappa shape index (κ2) is 7.55. The van der Waals surface area contributed by atoms with Crippen molar-refractivity contribution in [1.29, 1.82) is 0 Å². The molecule has 0 atom stereocenters. The number of rotatable bonds is 2. The first kappa shape index (κ1) is 19.8. The smallest absolute Gasteiger partial charge is 0.308 e. The Morgan fingerprint density at radius 1 is 0.903 bits per heavy atom. The molecule has 160 valence electrons. The number of carbonyl (C=O) groups is 1. The third-order valence-corrected chi connectivity index (χ3v) is 6.16. The number of alkyl halides is 3. The lowest BCUT2D eigenvalue weighted by molar-refractivity contribution is -0.142. The number of benzene rings is 2. The van der Waals surface area contributed by atoms with Crippen LogP contribution >= 0.6 is 0 Å². The van der Waals surface area contributed by atoms with Gasteiger partial charge in [0.15, 0.2) is 5.69 Å². The van der Waals surface area contributed by atoms with Crippen molar-refractivity contribution in [3.8, 4) is 5.69 Å². The minimum absolute atomic E-state index is 0.0998. The van der Waals surface area contributed by atoms with Crippen molar-refractivity contribution in [1.82, 2.24) is 9.78 Å². The molecule has 1 aromatic heterocycles. The Labute approximate surface area is 178 Å². The fraction of sp³-hybridized carbons (Fsp3) is 0.333. The fourth-order valence-electron chi connectivity index (χ4n) is 4.69. The molecule has 1 aliphatic heterocycles. The molecule has 0 radical (unpaired) electrons. The van der Waals surface area contributed by atoms with Gasteiger partial charge in [-0.1, -0.05) is 18.2 Å². The third-order valence-electron chi connectivity index (χ3n) is 6.16. The average Bonchev–Trinajstić information content (AvgIpc) is 3.19. The molecule has 2 aromatic carbocycles. The summed E-state index contributed by atoms with van der Waals surface area (Å²) in [6.45, 7) is 0.652. The maximum Gasteiger partial charge on any atom is 0.435 e. The van der Waals surface area contributed by atoms with Gasteiger partial charge in [0.2, 0.25) is 0 Å². The molecule has 0 saturated carbocycles. The van der Waals surface area contributed by atoms with Crippen LogP contribution in [0.3, 0.4) is 0 Å². The summed E-state index contributed by atoms with van der Waals surface area (Å²) in [4.78, 5) is 14.9. The predicted octanol–water partition coefficient (Wildman–Crippen LogP) is 5.36. The standard InChI is InChI=1S/C24H22F3N3O/c25-24(26,27)22-19-8-2-4-10-21(19)30(28-22)18-13-11-17(12-14-18)23(31)29-15-5-7-16-6-1-3-9-20(16)29/h1,3,6,9,11-14H,2,4-5,7-8,10,15H2. The number of hydrogen-bond acceptors (Lipinski definition) is 2. The van der Waals surface area contributed by atoms with Crippen LogP contribution in [0.1, 0.15) is 52.1 Å². The van der Waals surface area contributed by atoms with Gasteiger partial charge in [-0.25, -0.2) is 4.68 Å². The minimum Gasteiger partial charge on any atom is -0.308 e. The summed E-state index contributed by atoms with van der Waals surface area (Å²) in [7, 11) is 0. The molecular weight excluding hydrogens is 403 g/mol. The first-order valence-corrected chi connectivity index (χ1v) is 10.6. The van der Waals surface area contributed by atoms with Crippen LogP contribution in [-0.2, 0) is 25.4 Å². The van der Waals surface area contributed by atoms with Crippen molar-refractivity contribution in [2.24, 2.45) is 0 Å². The van der Waals surface area contributed by atoms with Crippen LogP contribution in [0.4, 0.5) is 18.9 Å². The summed E-state index contributed by atoms with van der Waals surface area (Å²) in [6, 6.07) is 14.6. The highest BCUT2D eigenvalue weighted by molar-refractivity contribution is 6.06. The average molecular weight is 425 g/mol. The van der Waals surface area contributed by atoms with Crippen LogP contribution < -0.4 is 4.90 Å². The molecule has 0 N–H and O–H groups in total. The van der Waals surface area contributed by atoms with Gasteiger partial charge in [-0.2, -0.15) is 18.3 Å². The zero-order chi connectivity index (χ0) is 21.6. The molecule has 0 unspecified atom stereocenters. The molecule has 1 aliphatic carbocycles. The minimum atomic E-state index is -4.47. The summed E-state index contributed by atoms with van der Waals surface area (Å²) in [5, 5.41) is 3.92. The van der Waals surface area contributed by atoms with E-state index in [1.54, 1.807) is 29.2 Å². The normalized spacial score (nSPS) is 16.0. The van der Waals surface area contributed by atoms with Gasteiger partial charge in [-0.05, 0) is 74.4 Å². The maximum atomic E-state index is 13.5. The zero-order valence-corrected chi connectivity index (χ0v) is 17.0. The lowest BCUT2D eigenvalue weighted by Crippen LogP contribution is -2.35. The van der Waals surface area contributed by atoms with Crippen LogP contribution in [0.25, 0.3) is 5.69 Å². The SMILES string of the molecule is O=C(c1ccc(-n2nc(C(F)(F)F)c3c2CCCC3)cc1)N1CCCc2ccccc21. The summed E-state index contributed by atoms with van der Waals surface area (Å²) >= 11 is 0. The number of hydrogen-bond donors (Lipinski definition) is 0. The Balaban J connectivity index is 1.47. The molecule has 1 amide bonds. The Morgan fingerprint density at radius 2 is 1.65 bits per heavy atom. The van der Waals surface area contributed by atoms with Crippen LogP contribution in [0, 0.1) is 0 Å². The molecule has 3 aromatic rings. The van der Waals surface area contributed by atoms with E-state index < -0.39 is 11.9 Å². The summed E-state index contributed by atoms with van der Waals surface area (Å²) < 4.78 is 41.8. The molecule has 0 saturated heterocycles. The second-order valence-electron chi connectivity index (χ2n) is 8.13. The first-order chi connectivity index (χ1) is 14.9. The number of amides is 1. The zero-order valence-electron chi connectivity index (χ0n) is 17.0. The van der Waals surface area contributed by atoms with Crippen LogP contribution in [0.2, 0.25) is 0 Å². The molecule has 5 rings (SSSR count). The van der Waals surface area contributed by atoms with Gasteiger partial charge in [-0.15, -0.1) is 0 Å². The number of aromatic nitrogens is 2. The molecule has 31 heavy (non-hydrogen) atoms. The molecule has 7 heteroatoms. The van der Waals surface area contributed by atoms with Gasteiger partial charge in [0, 0.05) is 29.1 Å². The van der Waals surface area contributed by atoms with Gasteiger partial charge in [0.25, 0.3) is 5.91 Å². The molecule has 2 heterocycles. The highest BCUT2D eigenvalue weighted by Gasteiger charge is 2.39. The largest absolute Gasteiger partial charge is 0.435 e. The highest BCUT2D eigenvalue weighted by atomic mass is 19.4. The number of carbonyl (C=O) groups excluding carboxylic acids is 1. The Morgan fingerprint density at radius 3 is 2.42 bits per heavy atom. The van der Waals surface area contributed by atoms with Crippen LogP contribution in [-0.4, -0.2) is 22.2 Å². The van der Waals surface area contributed by atoms with E-state index in [0.717, 1.165) is 36.9 Å². The Kier molecular flexibility index (Phi) is 4.84. The van der Waals surface area contributed by atoms with Crippen molar-refractivity contribution in [2.75, 3.05) is 11.4 Å². The first-order valence-electron chi connectivity index (χ1n) is 10.6. The summed E-state index contributed by atoms with van der Waals surface area (Å²) in [5.74, 6) is -0.0998. The number of para-hydroxylation sites is 1. The van der Waals surface area contributed by atoms with Crippen LogP contribution in [0.5, 0.6) is 0 Å². The Hall–Kier alpha value is -3.09. The monoisotopic (exact) mass is 425 g/mol. The molecule has 0 bridgehead atoms. The Bertz CT molecular complexity index is 1130. The van der Waals surface area contributed by atoms with E-state index in [1.165, 1.54) is 4.68 Å². The quantitative estimate of drug-likeness (QED) is 0.554. The van der Waals surface area contributed by atoms with Crippen molar-refractivity contribution >= 4 is 11.6 Å². The van der Waals surface area contributed by atoms with E-state index in [9.17, 15) is 18.0 Å².